The van der Waals surface area contributed by atoms with Crippen LogP contribution in [0.4, 0.5) is 18.0 Å². The molecule has 4 rings (SSSR count). The first-order valence-electron chi connectivity index (χ1n) is 10.8. The number of β-amino-alcohol motifs (C(OH)–C–C–N with tert-alkyl or cyclic N) is 1. The monoisotopic (exact) mass is 452 g/mol. The van der Waals surface area contributed by atoms with Crippen molar-refractivity contribution in [1.29, 1.82) is 0 Å². The first-order valence-corrected chi connectivity index (χ1v) is 10.8. The van der Waals surface area contributed by atoms with Gasteiger partial charge in [0.25, 0.3) is 0 Å². The number of hydrogen-bond donors (Lipinski definition) is 2. The number of urea groups is 1. The molecule has 2 atom stereocenters. The van der Waals surface area contributed by atoms with Crippen molar-refractivity contribution in [2.45, 2.75) is 43.9 Å². The van der Waals surface area contributed by atoms with Gasteiger partial charge in [-0.1, -0.05) is 24.3 Å². The Bertz CT molecular complexity index is 925. The summed E-state index contributed by atoms with van der Waals surface area (Å²) >= 11 is 0. The second kappa shape index (κ2) is 9.01. The summed E-state index contributed by atoms with van der Waals surface area (Å²) < 4.78 is 43.5. The molecule has 7 nitrogen and oxygen atoms in total. The molecule has 2 aliphatic heterocycles. The lowest BCUT2D eigenvalue weighted by Crippen LogP contribution is -2.59. The molecule has 2 aromatic rings. The molecule has 0 saturated carbocycles. The Balaban J connectivity index is 1.54. The third kappa shape index (κ3) is 5.17. The lowest BCUT2D eigenvalue weighted by Gasteiger charge is -2.44. The molecule has 1 aromatic carbocycles. The molecule has 0 bridgehead atoms. The number of aliphatic hydroxyl groups excluding tert-OH is 1. The Morgan fingerprint density at radius 1 is 1.16 bits per heavy atom. The zero-order valence-electron chi connectivity index (χ0n) is 17.8. The molecule has 2 saturated heterocycles. The quantitative estimate of drug-likeness (QED) is 0.730. The van der Waals surface area contributed by atoms with E-state index in [1.807, 2.05) is 13.0 Å². The molecule has 1 aromatic heterocycles. The summed E-state index contributed by atoms with van der Waals surface area (Å²) in [6.07, 6.45) is -4.98. The molecule has 32 heavy (non-hydrogen) atoms. The number of halogens is 3. The maximum atomic E-state index is 13.0. The fourth-order valence-electron chi connectivity index (χ4n) is 4.42. The fourth-order valence-corrected chi connectivity index (χ4v) is 4.42. The molecule has 0 radical (unpaired) electrons. The summed E-state index contributed by atoms with van der Waals surface area (Å²) in [5.74, 6) is 0.424. The number of carbonyl (C=O) groups is 1. The molecule has 10 heteroatoms. The molecule has 0 spiro atoms. The number of hydrogen-bond acceptors (Lipinski definition) is 4. The van der Waals surface area contributed by atoms with Crippen molar-refractivity contribution in [3.05, 3.63) is 47.2 Å². The Morgan fingerprint density at radius 3 is 2.44 bits per heavy atom. The molecule has 2 unspecified atom stereocenters. The zero-order chi connectivity index (χ0) is 22.9. The third-order valence-corrected chi connectivity index (χ3v) is 6.02. The van der Waals surface area contributed by atoms with E-state index in [0.717, 1.165) is 17.7 Å². The van der Waals surface area contributed by atoms with Crippen molar-refractivity contribution in [2.75, 3.05) is 32.8 Å². The molecule has 3 heterocycles. The van der Waals surface area contributed by atoms with Crippen LogP contribution in [0.1, 0.15) is 42.0 Å². The van der Waals surface area contributed by atoms with E-state index in [9.17, 15) is 23.1 Å². The van der Waals surface area contributed by atoms with Gasteiger partial charge in [-0.3, -0.25) is 5.10 Å². The van der Waals surface area contributed by atoms with E-state index >= 15 is 0 Å². The molecule has 2 aliphatic rings. The number of aromatic amines is 1. The van der Waals surface area contributed by atoms with Crippen LogP contribution in [-0.4, -0.2) is 76.2 Å². The average Bonchev–Trinajstić information content (AvgIpc) is 3.19. The van der Waals surface area contributed by atoms with E-state index < -0.39 is 18.7 Å². The van der Waals surface area contributed by atoms with Gasteiger partial charge in [0.05, 0.1) is 32.2 Å². The number of ether oxygens (including phenoxy) is 1. The van der Waals surface area contributed by atoms with Crippen molar-refractivity contribution < 1.29 is 27.8 Å². The van der Waals surface area contributed by atoms with Crippen LogP contribution in [0.2, 0.25) is 0 Å². The SMILES string of the molecule is CCOc1cc(C2CC(c3ccc(CC(F)(F)F)cc3)CN(C(=O)N3CC(O)C3)C2)[nH]n1. The van der Waals surface area contributed by atoms with E-state index in [4.69, 9.17) is 4.74 Å². The van der Waals surface area contributed by atoms with Gasteiger partial charge in [-0.15, -0.1) is 5.10 Å². The van der Waals surface area contributed by atoms with Crippen LogP contribution in [0.3, 0.4) is 0 Å². The molecule has 174 valence electrons. The lowest BCUT2D eigenvalue weighted by molar-refractivity contribution is -0.127. The largest absolute Gasteiger partial charge is 0.477 e. The van der Waals surface area contributed by atoms with Gasteiger partial charge in [0, 0.05) is 36.7 Å². The standard InChI is InChI=1S/C22H27F3N4O3/c1-2-32-20-8-19(26-27-20)17-7-16(10-28(11-17)21(31)29-12-18(30)13-29)15-5-3-14(4-6-15)9-22(23,24)25/h3-6,8,16-18,30H,2,7,9-13H2,1H3,(H,26,27). The van der Waals surface area contributed by atoms with E-state index in [0.29, 0.717) is 38.7 Å². The van der Waals surface area contributed by atoms with Crippen molar-refractivity contribution >= 4 is 6.03 Å². The Morgan fingerprint density at radius 2 is 1.81 bits per heavy atom. The number of carbonyl (C=O) groups excluding carboxylic acids is 1. The van der Waals surface area contributed by atoms with Gasteiger partial charge in [0.2, 0.25) is 5.88 Å². The van der Waals surface area contributed by atoms with Gasteiger partial charge >= 0.3 is 12.2 Å². The number of aliphatic hydroxyl groups is 1. The molecular weight excluding hydrogens is 425 g/mol. The summed E-state index contributed by atoms with van der Waals surface area (Å²) in [5, 5.41) is 16.7. The second-order valence-corrected chi connectivity index (χ2v) is 8.50. The van der Waals surface area contributed by atoms with Crippen molar-refractivity contribution in [3.8, 4) is 5.88 Å². The molecular formula is C22H27F3N4O3. The van der Waals surface area contributed by atoms with Crippen LogP contribution < -0.4 is 4.74 Å². The van der Waals surface area contributed by atoms with E-state index in [2.05, 4.69) is 10.2 Å². The minimum absolute atomic E-state index is 0.0274. The van der Waals surface area contributed by atoms with Crippen LogP contribution in [0.5, 0.6) is 5.88 Å². The van der Waals surface area contributed by atoms with Crippen LogP contribution >= 0.6 is 0 Å². The Kier molecular flexibility index (Phi) is 6.32. The highest BCUT2D eigenvalue weighted by molar-refractivity contribution is 5.75. The normalized spacial score (nSPS) is 22.0. The number of nitrogens with one attached hydrogen (secondary N) is 1. The fraction of sp³-hybridized carbons (Fsp3) is 0.545. The first kappa shape index (κ1) is 22.4. The molecule has 2 amide bonds. The zero-order valence-corrected chi connectivity index (χ0v) is 17.8. The summed E-state index contributed by atoms with van der Waals surface area (Å²) in [5.41, 5.74) is 1.96. The number of amides is 2. The molecule has 0 aliphatic carbocycles. The predicted octanol–water partition coefficient (Wildman–Crippen LogP) is 3.28. The van der Waals surface area contributed by atoms with Crippen LogP contribution in [0, 0.1) is 0 Å². The van der Waals surface area contributed by atoms with Gasteiger partial charge < -0.3 is 19.6 Å². The first-order chi connectivity index (χ1) is 15.2. The van der Waals surface area contributed by atoms with Gasteiger partial charge in [-0.25, -0.2) is 4.79 Å². The van der Waals surface area contributed by atoms with Gasteiger partial charge in [0.1, 0.15) is 0 Å². The van der Waals surface area contributed by atoms with Crippen LogP contribution in [0.25, 0.3) is 0 Å². The summed E-state index contributed by atoms with van der Waals surface area (Å²) in [6.45, 7) is 3.94. The van der Waals surface area contributed by atoms with Gasteiger partial charge in [-0.05, 0) is 24.5 Å². The highest BCUT2D eigenvalue weighted by Gasteiger charge is 2.38. The van der Waals surface area contributed by atoms with E-state index in [-0.39, 0.29) is 23.4 Å². The number of likely N-dealkylation sites (tertiary alicyclic amines) is 2. The smallest absolute Gasteiger partial charge is 0.393 e. The highest BCUT2D eigenvalue weighted by atomic mass is 19.4. The average molecular weight is 452 g/mol. The Labute approximate surface area is 184 Å². The molecule has 2 fully saturated rings. The Hall–Kier alpha value is -2.75. The highest BCUT2D eigenvalue weighted by Crippen LogP contribution is 2.37. The number of aromatic nitrogens is 2. The minimum Gasteiger partial charge on any atom is -0.477 e. The van der Waals surface area contributed by atoms with Gasteiger partial charge in [-0.2, -0.15) is 13.2 Å². The number of alkyl halides is 3. The summed E-state index contributed by atoms with van der Waals surface area (Å²) in [4.78, 5) is 16.3. The number of nitrogens with zero attached hydrogens (tertiary/aromatic N) is 3. The minimum atomic E-state index is -4.25. The number of benzene rings is 1. The number of piperidine rings is 1. The number of rotatable bonds is 5. The van der Waals surface area contributed by atoms with Crippen LogP contribution in [-0.2, 0) is 6.42 Å². The van der Waals surface area contributed by atoms with Crippen molar-refractivity contribution in [1.82, 2.24) is 20.0 Å². The number of H-pyrrole nitrogens is 1. The predicted molar refractivity (Wildman–Crippen MR) is 111 cm³/mol. The second-order valence-electron chi connectivity index (χ2n) is 8.50. The van der Waals surface area contributed by atoms with E-state index in [1.165, 1.54) is 12.1 Å². The van der Waals surface area contributed by atoms with Crippen LogP contribution in [0.15, 0.2) is 30.3 Å². The summed E-state index contributed by atoms with van der Waals surface area (Å²) in [7, 11) is 0. The van der Waals surface area contributed by atoms with E-state index in [1.54, 1.807) is 21.9 Å². The third-order valence-electron chi connectivity index (χ3n) is 6.02. The van der Waals surface area contributed by atoms with Gasteiger partial charge in [0.15, 0.2) is 0 Å². The van der Waals surface area contributed by atoms with Crippen molar-refractivity contribution in [2.24, 2.45) is 0 Å². The topological polar surface area (TPSA) is 81.7 Å². The molecule has 2 N–H and O–H groups in total. The maximum absolute atomic E-state index is 13.0. The maximum Gasteiger partial charge on any atom is 0.393 e. The lowest BCUT2D eigenvalue weighted by atomic mass is 9.83. The summed E-state index contributed by atoms with van der Waals surface area (Å²) in [6, 6.07) is 8.16. The van der Waals surface area contributed by atoms with Crippen molar-refractivity contribution in [3.63, 3.8) is 0 Å².